The molecule has 0 amide bonds. The number of halogens is 1. The number of benzene rings is 4. The molecule has 0 N–H and O–H groups in total. The first-order valence-electron chi connectivity index (χ1n) is 10.5. The standard InChI is InChI=1S/C16H19P.C12H11P.ClH.Ni/c1-3-14(2)17(15-10-6-4-7-11-15)16-12-8-5-9-13-16;1-3-7-11(8-4-1)13-12-9-5-2-6-10-12;;/h4-14H,3H2,1-2H3;1-10,13H;1H;/p-1. The molecule has 32 heavy (non-hydrogen) atoms. The van der Waals surface area contributed by atoms with Crippen molar-refractivity contribution in [1.29, 1.82) is 0 Å². The van der Waals surface area contributed by atoms with E-state index in [0.717, 1.165) is 14.2 Å². The van der Waals surface area contributed by atoms with Crippen molar-refractivity contribution in [3.63, 3.8) is 0 Å². The van der Waals surface area contributed by atoms with Crippen LogP contribution in [0.25, 0.3) is 0 Å². The minimum atomic E-state index is -0.212. The minimum Gasteiger partial charge on any atom is -1.00 e. The van der Waals surface area contributed by atoms with Crippen LogP contribution in [0.5, 0.6) is 0 Å². The van der Waals surface area contributed by atoms with Gasteiger partial charge in [-0.25, -0.2) is 0 Å². The maximum atomic E-state index is 2.37. The maximum absolute atomic E-state index is 2.37. The second kappa shape index (κ2) is 16.2. The van der Waals surface area contributed by atoms with Crippen molar-refractivity contribution in [2.75, 3.05) is 0 Å². The third-order valence-corrected chi connectivity index (χ3v) is 9.14. The molecule has 0 heterocycles. The van der Waals surface area contributed by atoms with Gasteiger partial charge in [-0.1, -0.05) is 144 Å². The van der Waals surface area contributed by atoms with E-state index in [1.54, 1.807) is 0 Å². The van der Waals surface area contributed by atoms with E-state index < -0.39 is 0 Å². The predicted molar refractivity (Wildman–Crippen MR) is 139 cm³/mol. The van der Waals surface area contributed by atoms with E-state index in [1.165, 1.54) is 27.6 Å². The number of hydrogen-bond donors (Lipinski definition) is 0. The molecular formula is C28H30ClNiP2-. The normalized spacial score (nSPS) is 10.7. The number of hydrogen-bond acceptors (Lipinski definition) is 0. The van der Waals surface area contributed by atoms with Crippen molar-refractivity contribution < 1.29 is 28.9 Å². The quantitative estimate of drug-likeness (QED) is 0.270. The van der Waals surface area contributed by atoms with Gasteiger partial charge in [0.25, 0.3) is 0 Å². The van der Waals surface area contributed by atoms with E-state index in [0.29, 0.717) is 0 Å². The second-order valence-corrected chi connectivity index (χ2v) is 11.2. The average molecular weight is 523 g/mol. The van der Waals surface area contributed by atoms with Gasteiger partial charge in [0.2, 0.25) is 0 Å². The third-order valence-electron chi connectivity index (χ3n) is 4.94. The van der Waals surface area contributed by atoms with Crippen LogP contribution in [0.15, 0.2) is 121 Å². The van der Waals surface area contributed by atoms with Crippen LogP contribution in [0.4, 0.5) is 0 Å². The van der Waals surface area contributed by atoms with Crippen LogP contribution in [0.3, 0.4) is 0 Å². The van der Waals surface area contributed by atoms with Crippen LogP contribution in [0, 0.1) is 0 Å². The first-order valence-corrected chi connectivity index (χ1v) is 13.0. The zero-order valence-corrected chi connectivity index (χ0v) is 22.1. The molecular weight excluding hydrogens is 492 g/mol. The molecule has 0 aliphatic rings. The Kier molecular flexibility index (Phi) is 14.4. The molecule has 4 aromatic carbocycles. The molecule has 0 aliphatic carbocycles. The van der Waals surface area contributed by atoms with Crippen LogP contribution in [0.1, 0.15) is 20.3 Å². The molecule has 0 saturated heterocycles. The van der Waals surface area contributed by atoms with Gasteiger partial charge < -0.3 is 12.4 Å². The van der Waals surface area contributed by atoms with Crippen LogP contribution < -0.4 is 33.6 Å². The van der Waals surface area contributed by atoms with Crippen molar-refractivity contribution in [2.24, 2.45) is 0 Å². The molecule has 0 nitrogen and oxygen atoms in total. The Morgan fingerprint density at radius 3 is 1.22 bits per heavy atom. The molecule has 0 saturated carbocycles. The molecule has 1 atom stereocenters. The number of rotatable bonds is 6. The summed E-state index contributed by atoms with van der Waals surface area (Å²) in [6.45, 7) is 4.65. The van der Waals surface area contributed by atoms with E-state index >= 15 is 0 Å². The molecule has 4 rings (SSSR count). The predicted octanol–water partition coefficient (Wildman–Crippen LogP) is 3.24. The SMILES string of the molecule is CCC(C)P(c1ccccc1)c1ccccc1.[Cl-].[Ni].c1ccc(Pc2ccccc2)cc1. The molecule has 170 valence electrons. The molecule has 0 radical (unpaired) electrons. The van der Waals surface area contributed by atoms with Gasteiger partial charge in [-0.05, 0) is 41.2 Å². The maximum Gasteiger partial charge on any atom is 0 e. The first-order chi connectivity index (χ1) is 14.8. The van der Waals surface area contributed by atoms with Gasteiger partial charge >= 0.3 is 0 Å². The van der Waals surface area contributed by atoms with Crippen molar-refractivity contribution in [2.45, 2.75) is 25.9 Å². The summed E-state index contributed by atoms with van der Waals surface area (Å²) in [6, 6.07) is 43.0. The largest absolute Gasteiger partial charge is 1.00 e. The van der Waals surface area contributed by atoms with Crippen LogP contribution >= 0.6 is 16.5 Å². The smallest absolute Gasteiger partial charge is 0 e. The molecule has 0 fully saturated rings. The fraction of sp³-hybridized carbons (Fsp3) is 0.143. The summed E-state index contributed by atoms with van der Waals surface area (Å²) in [6.07, 6.45) is 1.23. The molecule has 0 spiro atoms. The van der Waals surface area contributed by atoms with Crippen molar-refractivity contribution in [1.82, 2.24) is 0 Å². The van der Waals surface area contributed by atoms with Crippen LogP contribution in [0.2, 0.25) is 0 Å². The van der Waals surface area contributed by atoms with Crippen molar-refractivity contribution >= 4 is 37.7 Å². The Morgan fingerprint density at radius 1 is 0.594 bits per heavy atom. The Bertz CT molecular complexity index is 890. The van der Waals surface area contributed by atoms with Crippen LogP contribution in [-0.2, 0) is 16.5 Å². The second-order valence-electron chi connectivity index (χ2n) is 7.16. The van der Waals surface area contributed by atoms with Gasteiger partial charge in [-0.2, -0.15) is 0 Å². The van der Waals surface area contributed by atoms with E-state index in [-0.39, 0.29) is 36.8 Å². The van der Waals surface area contributed by atoms with Gasteiger partial charge in [0.15, 0.2) is 0 Å². The Balaban J connectivity index is 0.000000310. The van der Waals surface area contributed by atoms with E-state index in [9.17, 15) is 0 Å². The van der Waals surface area contributed by atoms with E-state index in [2.05, 4.69) is 135 Å². The molecule has 1 unspecified atom stereocenters. The van der Waals surface area contributed by atoms with E-state index in [1.807, 2.05) is 0 Å². The summed E-state index contributed by atoms with van der Waals surface area (Å²) in [4.78, 5) is 0. The molecule has 4 heteroatoms. The zero-order chi connectivity index (χ0) is 21.0. The zero-order valence-electron chi connectivity index (χ0n) is 18.5. The van der Waals surface area contributed by atoms with Crippen molar-refractivity contribution in [3.8, 4) is 0 Å². The minimum absolute atomic E-state index is 0. The monoisotopic (exact) mass is 521 g/mol. The summed E-state index contributed by atoms with van der Waals surface area (Å²) < 4.78 is 0. The summed E-state index contributed by atoms with van der Waals surface area (Å²) in [7, 11) is 0.565. The molecule has 4 aromatic rings. The van der Waals surface area contributed by atoms with E-state index in [4.69, 9.17) is 0 Å². The van der Waals surface area contributed by atoms with Gasteiger partial charge in [-0.15, -0.1) is 0 Å². The topological polar surface area (TPSA) is 0 Å². The fourth-order valence-corrected chi connectivity index (χ4v) is 6.95. The van der Waals surface area contributed by atoms with Crippen LogP contribution in [-0.4, -0.2) is 5.66 Å². The Morgan fingerprint density at radius 2 is 0.906 bits per heavy atom. The van der Waals surface area contributed by atoms with Gasteiger partial charge in [0.05, 0.1) is 0 Å². The molecule has 0 aliphatic heterocycles. The summed E-state index contributed by atoms with van der Waals surface area (Å²) in [5, 5.41) is 5.77. The van der Waals surface area contributed by atoms with Gasteiger partial charge in [0.1, 0.15) is 0 Å². The summed E-state index contributed by atoms with van der Waals surface area (Å²) >= 11 is 0. The summed E-state index contributed by atoms with van der Waals surface area (Å²) in [5.74, 6) is 0. The molecule has 0 bridgehead atoms. The summed E-state index contributed by atoms with van der Waals surface area (Å²) in [5.41, 5.74) is 0.731. The third kappa shape index (κ3) is 9.18. The van der Waals surface area contributed by atoms with Crippen molar-refractivity contribution in [3.05, 3.63) is 121 Å². The van der Waals surface area contributed by atoms with Gasteiger partial charge in [0, 0.05) is 16.5 Å². The fourth-order valence-electron chi connectivity index (χ4n) is 3.23. The first kappa shape index (κ1) is 28.6. The average Bonchev–Trinajstić information content (AvgIpc) is 2.82. The molecule has 0 aromatic heterocycles. The Hall–Kier alpha value is -1.48. The Labute approximate surface area is 213 Å². The van der Waals surface area contributed by atoms with Gasteiger partial charge in [-0.3, -0.25) is 0 Å².